The largest absolute Gasteiger partial charge is 0.444 e. The number of alkyl carbamates (subject to hydrolysis) is 1. The highest BCUT2D eigenvalue weighted by Crippen LogP contribution is 2.09. The van der Waals surface area contributed by atoms with Crippen LogP contribution in [0.25, 0.3) is 0 Å². The molecular formula is C9H17FN2O2. The van der Waals surface area contributed by atoms with Gasteiger partial charge in [-0.2, -0.15) is 0 Å². The van der Waals surface area contributed by atoms with Crippen molar-refractivity contribution < 1.29 is 13.9 Å². The first kappa shape index (κ1) is 11.2. The van der Waals surface area contributed by atoms with Gasteiger partial charge >= 0.3 is 6.09 Å². The first-order valence-electron chi connectivity index (χ1n) is 4.73. The number of amides is 1. The van der Waals surface area contributed by atoms with E-state index in [-0.39, 0.29) is 0 Å². The van der Waals surface area contributed by atoms with Gasteiger partial charge in [0, 0.05) is 13.1 Å². The van der Waals surface area contributed by atoms with Gasteiger partial charge in [-0.25, -0.2) is 9.18 Å². The molecule has 1 aliphatic rings. The Balaban J connectivity index is 2.33. The average molecular weight is 204 g/mol. The summed E-state index contributed by atoms with van der Waals surface area (Å²) in [5.41, 5.74) is -0.540. The van der Waals surface area contributed by atoms with Gasteiger partial charge in [-0.15, -0.1) is 0 Å². The Labute approximate surface area is 83.2 Å². The van der Waals surface area contributed by atoms with Crippen molar-refractivity contribution in [2.45, 2.75) is 38.6 Å². The molecule has 1 rings (SSSR count). The fraction of sp³-hybridized carbons (Fsp3) is 0.889. The molecule has 0 saturated carbocycles. The van der Waals surface area contributed by atoms with Gasteiger partial charge in [0.2, 0.25) is 0 Å². The Hall–Kier alpha value is -0.840. The SMILES string of the molecule is CC(C)(C)OC(=O)N[C@H]1CNC[C@H]1F. The molecule has 1 fully saturated rings. The van der Waals surface area contributed by atoms with Crippen molar-refractivity contribution in [3.05, 3.63) is 0 Å². The third kappa shape index (κ3) is 3.49. The molecule has 0 aromatic carbocycles. The zero-order valence-corrected chi connectivity index (χ0v) is 8.76. The standard InChI is InChI=1S/C9H17FN2O2/c1-9(2,3)14-8(13)12-7-5-11-4-6(7)10/h6-7,11H,4-5H2,1-3H3,(H,12,13)/t6-,7+/m1/s1. The highest BCUT2D eigenvalue weighted by atomic mass is 19.1. The van der Waals surface area contributed by atoms with E-state index in [4.69, 9.17) is 4.74 Å². The van der Waals surface area contributed by atoms with Gasteiger partial charge in [0.25, 0.3) is 0 Å². The maximum absolute atomic E-state index is 13.0. The highest BCUT2D eigenvalue weighted by molar-refractivity contribution is 5.68. The van der Waals surface area contributed by atoms with E-state index in [1.165, 1.54) is 0 Å². The summed E-state index contributed by atoms with van der Waals surface area (Å²) in [5, 5.41) is 5.33. The van der Waals surface area contributed by atoms with Crippen LogP contribution < -0.4 is 10.6 Å². The predicted molar refractivity (Wildman–Crippen MR) is 50.9 cm³/mol. The second-order valence-corrected chi connectivity index (χ2v) is 4.43. The Kier molecular flexibility index (Phi) is 3.31. The van der Waals surface area contributed by atoms with E-state index < -0.39 is 23.9 Å². The van der Waals surface area contributed by atoms with Crippen LogP contribution in [-0.4, -0.2) is 37.0 Å². The molecular weight excluding hydrogens is 187 g/mol. The van der Waals surface area contributed by atoms with Gasteiger partial charge in [0.1, 0.15) is 11.8 Å². The number of carbonyl (C=O) groups excluding carboxylic acids is 1. The molecule has 0 spiro atoms. The van der Waals surface area contributed by atoms with Crippen molar-refractivity contribution in [1.82, 2.24) is 10.6 Å². The zero-order valence-electron chi connectivity index (χ0n) is 8.76. The van der Waals surface area contributed by atoms with Crippen molar-refractivity contribution in [3.63, 3.8) is 0 Å². The second kappa shape index (κ2) is 4.13. The summed E-state index contributed by atoms with van der Waals surface area (Å²) in [5.74, 6) is 0. The smallest absolute Gasteiger partial charge is 0.408 e. The summed E-state index contributed by atoms with van der Waals surface area (Å²) >= 11 is 0. The van der Waals surface area contributed by atoms with Crippen LogP contribution in [0.15, 0.2) is 0 Å². The summed E-state index contributed by atoms with van der Waals surface area (Å²) < 4.78 is 18.1. The lowest BCUT2D eigenvalue weighted by Gasteiger charge is -2.22. The van der Waals surface area contributed by atoms with E-state index >= 15 is 0 Å². The zero-order chi connectivity index (χ0) is 10.8. The minimum absolute atomic E-state index is 0.292. The summed E-state index contributed by atoms with van der Waals surface area (Å²) in [7, 11) is 0. The Bertz CT molecular complexity index is 215. The van der Waals surface area contributed by atoms with Gasteiger partial charge in [-0.3, -0.25) is 0 Å². The summed E-state index contributed by atoms with van der Waals surface area (Å²) in [4.78, 5) is 11.2. The quantitative estimate of drug-likeness (QED) is 0.665. The van der Waals surface area contributed by atoms with E-state index in [2.05, 4.69) is 10.6 Å². The first-order valence-corrected chi connectivity index (χ1v) is 4.73. The van der Waals surface area contributed by atoms with Crippen molar-refractivity contribution in [2.24, 2.45) is 0 Å². The molecule has 1 saturated heterocycles. The molecule has 82 valence electrons. The van der Waals surface area contributed by atoms with E-state index in [0.717, 1.165) is 0 Å². The van der Waals surface area contributed by atoms with E-state index in [0.29, 0.717) is 13.1 Å². The van der Waals surface area contributed by atoms with Crippen LogP contribution in [0.5, 0.6) is 0 Å². The minimum Gasteiger partial charge on any atom is -0.444 e. The van der Waals surface area contributed by atoms with E-state index in [1.807, 2.05) is 0 Å². The topological polar surface area (TPSA) is 50.4 Å². The van der Waals surface area contributed by atoms with Crippen molar-refractivity contribution in [1.29, 1.82) is 0 Å². The number of carbonyl (C=O) groups is 1. The van der Waals surface area contributed by atoms with Crippen molar-refractivity contribution in [3.8, 4) is 0 Å². The van der Waals surface area contributed by atoms with Crippen LogP contribution in [0.4, 0.5) is 9.18 Å². The molecule has 4 nitrogen and oxygen atoms in total. The average Bonchev–Trinajstić information content (AvgIpc) is 2.32. The fourth-order valence-electron chi connectivity index (χ4n) is 1.25. The molecule has 14 heavy (non-hydrogen) atoms. The molecule has 0 aromatic heterocycles. The fourth-order valence-corrected chi connectivity index (χ4v) is 1.25. The van der Waals surface area contributed by atoms with E-state index in [9.17, 15) is 9.18 Å². The van der Waals surface area contributed by atoms with Crippen LogP contribution in [0.1, 0.15) is 20.8 Å². The number of halogens is 1. The van der Waals surface area contributed by atoms with Gasteiger partial charge in [0.15, 0.2) is 0 Å². The van der Waals surface area contributed by atoms with E-state index in [1.54, 1.807) is 20.8 Å². The molecule has 0 bridgehead atoms. The Morgan fingerprint density at radius 1 is 1.50 bits per heavy atom. The Morgan fingerprint density at radius 3 is 2.57 bits per heavy atom. The number of alkyl halides is 1. The molecule has 2 atom stereocenters. The van der Waals surface area contributed by atoms with Crippen LogP contribution in [-0.2, 0) is 4.74 Å². The molecule has 0 radical (unpaired) electrons. The molecule has 0 aliphatic carbocycles. The van der Waals surface area contributed by atoms with Gasteiger partial charge < -0.3 is 15.4 Å². The maximum atomic E-state index is 13.0. The molecule has 1 aliphatic heterocycles. The summed E-state index contributed by atoms with van der Waals surface area (Å²) in [6.45, 7) is 6.06. The second-order valence-electron chi connectivity index (χ2n) is 4.43. The van der Waals surface area contributed by atoms with Crippen LogP contribution in [0.2, 0.25) is 0 Å². The molecule has 0 unspecified atom stereocenters. The van der Waals surface area contributed by atoms with Gasteiger partial charge in [0.05, 0.1) is 6.04 Å². The highest BCUT2D eigenvalue weighted by Gasteiger charge is 2.29. The van der Waals surface area contributed by atoms with Gasteiger partial charge in [-0.05, 0) is 20.8 Å². The predicted octanol–water partition coefficient (Wildman–Crippen LogP) is 0.821. The molecule has 2 N–H and O–H groups in total. The minimum atomic E-state index is -1.03. The molecule has 1 heterocycles. The van der Waals surface area contributed by atoms with Crippen LogP contribution >= 0.6 is 0 Å². The number of ether oxygens (including phenoxy) is 1. The van der Waals surface area contributed by atoms with Crippen LogP contribution in [0.3, 0.4) is 0 Å². The third-order valence-corrected chi connectivity index (χ3v) is 1.84. The lowest BCUT2D eigenvalue weighted by atomic mass is 10.2. The number of hydrogen-bond acceptors (Lipinski definition) is 3. The monoisotopic (exact) mass is 204 g/mol. The summed E-state index contributed by atoms with van der Waals surface area (Å²) in [6.07, 6.45) is -1.59. The number of nitrogens with one attached hydrogen (secondary N) is 2. The van der Waals surface area contributed by atoms with Gasteiger partial charge in [-0.1, -0.05) is 0 Å². The van der Waals surface area contributed by atoms with Crippen molar-refractivity contribution in [2.75, 3.05) is 13.1 Å². The molecule has 0 aromatic rings. The summed E-state index contributed by atoms with van der Waals surface area (Å²) in [6, 6.07) is -0.468. The number of hydrogen-bond donors (Lipinski definition) is 2. The lowest BCUT2D eigenvalue weighted by Crippen LogP contribution is -2.43. The van der Waals surface area contributed by atoms with Crippen molar-refractivity contribution >= 4 is 6.09 Å². The third-order valence-electron chi connectivity index (χ3n) is 1.84. The normalized spacial score (nSPS) is 27.4. The Morgan fingerprint density at radius 2 is 2.14 bits per heavy atom. The molecule has 5 heteroatoms. The lowest BCUT2D eigenvalue weighted by molar-refractivity contribution is 0.0490. The maximum Gasteiger partial charge on any atom is 0.408 e. The number of rotatable bonds is 1. The first-order chi connectivity index (χ1) is 6.38. The van der Waals surface area contributed by atoms with Crippen LogP contribution in [0, 0.1) is 0 Å². The molecule has 1 amide bonds.